The molecule has 0 radical (unpaired) electrons. The number of anilines is 1. The Labute approximate surface area is 329 Å². The zero-order valence-corrected chi connectivity index (χ0v) is 32.9. The van der Waals surface area contributed by atoms with Crippen molar-refractivity contribution in [2.45, 2.75) is 77.7 Å². The zero-order chi connectivity index (χ0) is 42.7. The average Bonchev–Trinajstić information content (AvgIpc) is 3.60. The van der Waals surface area contributed by atoms with E-state index in [1.54, 1.807) is 45.0 Å². The Balaban J connectivity index is 1.72. The fourth-order valence-corrected chi connectivity index (χ4v) is 5.96. The first kappa shape index (κ1) is 45.7. The average molecular weight is 820 g/mol. The fourth-order valence-electron chi connectivity index (χ4n) is 5.64. The number of primary amides is 1. The Morgan fingerprint density at radius 1 is 1.02 bits per heavy atom. The Morgan fingerprint density at radius 2 is 1.65 bits per heavy atom. The summed E-state index contributed by atoms with van der Waals surface area (Å²) in [4.78, 5) is 104. The molecule has 1 fully saturated rings. The van der Waals surface area contributed by atoms with Crippen molar-refractivity contribution in [2.75, 3.05) is 37.4 Å². The van der Waals surface area contributed by atoms with Crippen molar-refractivity contribution in [3.05, 3.63) is 54.1 Å². The van der Waals surface area contributed by atoms with Crippen molar-refractivity contribution in [2.24, 2.45) is 11.1 Å². The maximum atomic E-state index is 13.6. The highest BCUT2D eigenvalue weighted by molar-refractivity contribution is 7.85. The third kappa shape index (κ3) is 14.1. The molecule has 7 N–H and O–H groups in total. The van der Waals surface area contributed by atoms with Gasteiger partial charge in [-0.25, -0.2) is 4.79 Å². The van der Waals surface area contributed by atoms with Gasteiger partial charge in [0, 0.05) is 30.8 Å². The van der Waals surface area contributed by atoms with Gasteiger partial charge in [-0.3, -0.25) is 43.0 Å². The third-order valence-corrected chi connectivity index (χ3v) is 9.32. The monoisotopic (exact) mass is 819 g/mol. The van der Waals surface area contributed by atoms with E-state index in [9.17, 15) is 46.8 Å². The van der Waals surface area contributed by atoms with E-state index in [1.807, 2.05) is 0 Å². The quantitative estimate of drug-likeness (QED) is 0.0319. The Bertz CT molecular complexity index is 1860. The topological polar surface area (TPSA) is 290 Å². The lowest BCUT2D eigenvalue weighted by Crippen LogP contribution is -2.55. The molecule has 1 aromatic carbocycles. The molecule has 3 rings (SSSR count). The predicted molar refractivity (Wildman–Crippen MR) is 202 cm³/mol. The second-order valence-corrected chi connectivity index (χ2v) is 16.0. The van der Waals surface area contributed by atoms with E-state index in [1.165, 1.54) is 6.92 Å². The van der Waals surface area contributed by atoms with Crippen LogP contribution < -0.4 is 27.0 Å². The first-order valence-corrected chi connectivity index (χ1v) is 19.4. The SMILES string of the molecule is C=C(C)[C@H](NC(=O)CN1C(=O)[C@@H](N2C(=O)C=CC2=O)C[C@H]1COCCS(=O)(=O)O)C(=O)N[C@@H](CCCNC(N)=O)C(=O)Nc1ccc(COC(=O)C(C)(C)C)cc1. The summed E-state index contributed by atoms with van der Waals surface area (Å²) in [6.07, 6.45) is 2.04. The van der Waals surface area contributed by atoms with E-state index in [0.717, 1.165) is 22.0 Å². The summed E-state index contributed by atoms with van der Waals surface area (Å²) in [6.45, 7) is 9.02. The van der Waals surface area contributed by atoms with Gasteiger partial charge in [-0.2, -0.15) is 8.42 Å². The number of imide groups is 1. The lowest BCUT2D eigenvalue weighted by atomic mass is 9.97. The zero-order valence-electron chi connectivity index (χ0n) is 32.1. The first-order valence-electron chi connectivity index (χ1n) is 17.8. The predicted octanol–water partition coefficient (Wildman–Crippen LogP) is -0.492. The van der Waals surface area contributed by atoms with E-state index >= 15 is 0 Å². The van der Waals surface area contributed by atoms with Crippen molar-refractivity contribution in [1.29, 1.82) is 0 Å². The van der Waals surface area contributed by atoms with Gasteiger partial charge in [-0.05, 0) is 63.8 Å². The van der Waals surface area contributed by atoms with Gasteiger partial charge in [0.05, 0.1) is 37.0 Å². The van der Waals surface area contributed by atoms with Crippen LogP contribution in [0.25, 0.3) is 0 Å². The van der Waals surface area contributed by atoms with Gasteiger partial charge >= 0.3 is 12.0 Å². The maximum absolute atomic E-state index is 13.6. The number of amides is 8. The molecule has 57 heavy (non-hydrogen) atoms. The maximum Gasteiger partial charge on any atom is 0.312 e. The van der Waals surface area contributed by atoms with E-state index < -0.39 is 100 Å². The summed E-state index contributed by atoms with van der Waals surface area (Å²) in [7, 11) is -4.36. The number of hydrogen-bond acceptors (Lipinski definition) is 12. The number of rotatable bonds is 20. The molecule has 0 aromatic heterocycles. The minimum atomic E-state index is -4.36. The normalized spacial score (nSPS) is 17.9. The Kier molecular flexibility index (Phi) is 16.0. The molecule has 2 aliphatic rings. The fraction of sp³-hybridized carbons (Fsp3) is 0.500. The molecule has 0 aliphatic carbocycles. The van der Waals surface area contributed by atoms with Crippen LogP contribution in [0.1, 0.15) is 52.5 Å². The molecule has 4 atom stereocenters. The number of benzene rings is 1. The minimum Gasteiger partial charge on any atom is -0.460 e. The second-order valence-electron chi connectivity index (χ2n) is 14.5. The number of urea groups is 1. The van der Waals surface area contributed by atoms with Crippen molar-refractivity contribution < 1.29 is 60.8 Å². The smallest absolute Gasteiger partial charge is 0.312 e. The number of ether oxygens (including phenoxy) is 2. The van der Waals surface area contributed by atoms with E-state index in [4.69, 9.17) is 19.8 Å². The summed E-state index contributed by atoms with van der Waals surface area (Å²) >= 11 is 0. The van der Waals surface area contributed by atoms with E-state index in [-0.39, 0.29) is 50.6 Å². The number of likely N-dealkylation sites (tertiary alicyclic amines) is 1. The molecule has 0 spiro atoms. The minimum absolute atomic E-state index is 0.0111. The molecular weight excluding hydrogens is 770 g/mol. The van der Waals surface area contributed by atoms with Crippen LogP contribution in [0.15, 0.2) is 48.6 Å². The molecule has 1 aromatic rings. The van der Waals surface area contributed by atoms with Gasteiger partial charge in [0.2, 0.25) is 23.6 Å². The van der Waals surface area contributed by atoms with Crippen LogP contribution in [0.4, 0.5) is 10.5 Å². The van der Waals surface area contributed by atoms with Crippen LogP contribution in [-0.2, 0) is 59.8 Å². The molecule has 0 bridgehead atoms. The molecule has 20 nitrogen and oxygen atoms in total. The molecule has 2 heterocycles. The first-order chi connectivity index (χ1) is 26.6. The van der Waals surface area contributed by atoms with E-state index in [2.05, 4.69) is 27.8 Å². The van der Waals surface area contributed by atoms with Crippen LogP contribution in [0.3, 0.4) is 0 Å². The van der Waals surface area contributed by atoms with Gasteiger partial charge in [0.25, 0.3) is 21.9 Å². The molecule has 21 heteroatoms. The van der Waals surface area contributed by atoms with Crippen molar-refractivity contribution in [3.8, 4) is 0 Å². The van der Waals surface area contributed by atoms with Crippen LogP contribution in [0, 0.1) is 5.41 Å². The molecule has 0 saturated carbocycles. The summed E-state index contributed by atoms with van der Waals surface area (Å²) < 4.78 is 41.9. The molecule has 1 saturated heterocycles. The van der Waals surface area contributed by atoms with Crippen LogP contribution in [0.2, 0.25) is 0 Å². The van der Waals surface area contributed by atoms with Crippen LogP contribution in [0.5, 0.6) is 0 Å². The summed E-state index contributed by atoms with van der Waals surface area (Å²) in [6, 6.07) is 0.799. The van der Waals surface area contributed by atoms with Crippen LogP contribution in [-0.4, -0.2) is 126 Å². The van der Waals surface area contributed by atoms with Gasteiger partial charge in [0.15, 0.2) is 0 Å². The lowest BCUT2D eigenvalue weighted by molar-refractivity contribution is -0.154. The lowest BCUT2D eigenvalue weighted by Gasteiger charge is -2.27. The third-order valence-electron chi connectivity index (χ3n) is 8.63. The highest BCUT2D eigenvalue weighted by Gasteiger charge is 2.47. The Morgan fingerprint density at radius 3 is 2.21 bits per heavy atom. The number of nitrogens with zero attached hydrogens (tertiary/aromatic N) is 2. The molecule has 0 unspecified atom stereocenters. The number of hydrogen-bond donors (Lipinski definition) is 6. The number of nitrogens with two attached hydrogens (primary N) is 1. The largest absolute Gasteiger partial charge is 0.460 e. The van der Waals surface area contributed by atoms with E-state index in [0.29, 0.717) is 11.3 Å². The summed E-state index contributed by atoms with van der Waals surface area (Å²) in [5.41, 5.74) is 5.61. The van der Waals surface area contributed by atoms with Crippen LogP contribution >= 0.6 is 0 Å². The molecule has 312 valence electrons. The summed E-state index contributed by atoms with van der Waals surface area (Å²) in [5, 5.41) is 10.2. The Hall–Kier alpha value is -5.67. The number of carbonyl (C=O) groups is 8. The molecule has 8 amide bonds. The van der Waals surface area contributed by atoms with Crippen molar-refractivity contribution >= 4 is 63.2 Å². The van der Waals surface area contributed by atoms with Gasteiger partial charge in [0.1, 0.15) is 24.7 Å². The van der Waals surface area contributed by atoms with Gasteiger partial charge in [-0.15, -0.1) is 0 Å². The van der Waals surface area contributed by atoms with Crippen molar-refractivity contribution in [3.63, 3.8) is 0 Å². The van der Waals surface area contributed by atoms with Gasteiger partial charge < -0.3 is 41.4 Å². The highest BCUT2D eigenvalue weighted by atomic mass is 32.2. The molecule has 2 aliphatic heterocycles. The highest BCUT2D eigenvalue weighted by Crippen LogP contribution is 2.26. The number of esters is 1. The summed E-state index contributed by atoms with van der Waals surface area (Å²) in [5.74, 6) is -5.75. The number of nitrogens with one attached hydrogen (secondary N) is 4. The second kappa shape index (κ2) is 20.0. The molecular formula is C36H49N7O13S. The number of carbonyl (C=O) groups excluding carboxylic acids is 8. The van der Waals surface area contributed by atoms with Crippen molar-refractivity contribution in [1.82, 2.24) is 25.8 Å². The standard InChI is InChI=1S/C36H49N7O13S/c1-21(2)30(41-27(44)18-42-24(20-55-15-16-57(52,53)54)17-26(33(42)49)43-28(45)12-13-29(43)46)32(48)40-25(7-6-14-38-35(37)51)31(47)39-23-10-8-22(9-11-23)19-56-34(50)36(3,4)5/h8-13,24-26,30H,1,6-7,14-20H2,2-5H3,(H,39,47)(H,40,48)(H,41,44)(H3,37,38,51)(H,52,53,54)/t24-,25-,26-,30-/m0/s1. The van der Waals surface area contributed by atoms with Gasteiger partial charge in [-0.1, -0.05) is 18.7 Å².